The largest absolute Gasteiger partial charge is 0.497 e. The molecule has 0 radical (unpaired) electrons. The van der Waals surface area contributed by atoms with Gasteiger partial charge in [0.05, 0.1) is 30.8 Å². The van der Waals surface area contributed by atoms with Gasteiger partial charge in [0.2, 0.25) is 5.91 Å². The van der Waals surface area contributed by atoms with Gasteiger partial charge >= 0.3 is 5.69 Å². The summed E-state index contributed by atoms with van der Waals surface area (Å²) in [5, 5.41) is 2.98. The molecule has 26 heavy (non-hydrogen) atoms. The molecular formula is C18H18N4O4. The van der Waals surface area contributed by atoms with Crippen LogP contribution in [0.3, 0.4) is 0 Å². The maximum Gasteiger partial charge on any atom is 0.332 e. The van der Waals surface area contributed by atoms with E-state index in [0.717, 1.165) is 10.1 Å². The summed E-state index contributed by atoms with van der Waals surface area (Å²) in [5.41, 5.74) is 0.545. The van der Waals surface area contributed by atoms with Crippen LogP contribution in [0.1, 0.15) is 5.56 Å². The van der Waals surface area contributed by atoms with Crippen molar-refractivity contribution in [3.63, 3.8) is 0 Å². The van der Waals surface area contributed by atoms with Crippen molar-refractivity contribution in [3.05, 3.63) is 62.9 Å². The fraction of sp³-hybridized carbons (Fsp3) is 0.222. The number of nitrogens with zero attached hydrogens (tertiary/aromatic N) is 3. The van der Waals surface area contributed by atoms with Crippen molar-refractivity contribution < 1.29 is 9.53 Å². The van der Waals surface area contributed by atoms with Crippen LogP contribution in [0, 0.1) is 0 Å². The molecule has 0 bridgehead atoms. The van der Waals surface area contributed by atoms with E-state index in [9.17, 15) is 14.4 Å². The summed E-state index contributed by atoms with van der Waals surface area (Å²) in [7, 11) is 4.50. The molecule has 1 amide bonds. The molecule has 0 spiro atoms. The molecule has 8 nitrogen and oxygen atoms in total. The molecule has 0 saturated carbocycles. The summed E-state index contributed by atoms with van der Waals surface area (Å²) >= 11 is 0. The van der Waals surface area contributed by atoms with Crippen LogP contribution in [-0.2, 0) is 25.3 Å². The Morgan fingerprint density at radius 1 is 1.19 bits per heavy atom. The highest BCUT2D eigenvalue weighted by Gasteiger charge is 2.12. The maximum absolute atomic E-state index is 12.3. The van der Waals surface area contributed by atoms with Gasteiger partial charge in [-0.05, 0) is 23.8 Å². The number of anilines is 1. The van der Waals surface area contributed by atoms with Gasteiger partial charge in [-0.1, -0.05) is 12.1 Å². The first kappa shape index (κ1) is 17.4. The number of methoxy groups -OCH3 is 1. The third kappa shape index (κ3) is 3.21. The molecule has 8 heteroatoms. The van der Waals surface area contributed by atoms with Crippen molar-refractivity contribution in [2.75, 3.05) is 12.4 Å². The summed E-state index contributed by atoms with van der Waals surface area (Å²) in [4.78, 5) is 40.6. The van der Waals surface area contributed by atoms with Gasteiger partial charge in [-0.2, -0.15) is 0 Å². The molecule has 0 fully saturated rings. The number of benzene rings is 1. The fourth-order valence-electron chi connectivity index (χ4n) is 2.71. The Morgan fingerprint density at radius 2 is 1.96 bits per heavy atom. The summed E-state index contributed by atoms with van der Waals surface area (Å²) in [6.45, 7) is 0. The average molecular weight is 354 g/mol. The fourth-order valence-corrected chi connectivity index (χ4v) is 2.71. The normalized spacial score (nSPS) is 10.7. The highest BCUT2D eigenvalue weighted by atomic mass is 16.5. The smallest absolute Gasteiger partial charge is 0.332 e. The minimum absolute atomic E-state index is 0.153. The van der Waals surface area contributed by atoms with Crippen LogP contribution in [-0.4, -0.2) is 27.1 Å². The van der Waals surface area contributed by atoms with Crippen molar-refractivity contribution in [2.45, 2.75) is 6.42 Å². The van der Waals surface area contributed by atoms with Crippen molar-refractivity contribution >= 4 is 22.6 Å². The quantitative estimate of drug-likeness (QED) is 0.748. The number of pyridine rings is 1. The second-order valence-electron chi connectivity index (χ2n) is 5.88. The lowest BCUT2D eigenvalue weighted by Gasteiger charge is -2.09. The van der Waals surface area contributed by atoms with Crippen LogP contribution in [0.4, 0.5) is 5.69 Å². The summed E-state index contributed by atoms with van der Waals surface area (Å²) in [5.74, 6) is 0.424. The van der Waals surface area contributed by atoms with Gasteiger partial charge < -0.3 is 10.1 Å². The molecule has 0 atom stereocenters. The van der Waals surface area contributed by atoms with Crippen molar-refractivity contribution in [1.29, 1.82) is 0 Å². The number of nitrogens with one attached hydrogen (secondary N) is 1. The Hall–Kier alpha value is -3.42. The van der Waals surface area contributed by atoms with E-state index in [-0.39, 0.29) is 23.4 Å². The molecular weight excluding hydrogens is 336 g/mol. The molecule has 3 rings (SSSR count). The lowest BCUT2D eigenvalue weighted by molar-refractivity contribution is -0.115. The number of hydrogen-bond acceptors (Lipinski definition) is 5. The van der Waals surface area contributed by atoms with Crippen LogP contribution in [0.25, 0.3) is 11.0 Å². The number of rotatable bonds is 4. The molecule has 0 aliphatic rings. The van der Waals surface area contributed by atoms with E-state index in [1.807, 2.05) is 12.1 Å². The van der Waals surface area contributed by atoms with E-state index in [1.54, 1.807) is 19.2 Å². The topological polar surface area (TPSA) is 95.2 Å². The van der Waals surface area contributed by atoms with E-state index >= 15 is 0 Å². The van der Waals surface area contributed by atoms with Crippen LogP contribution in [0.2, 0.25) is 0 Å². The Labute approximate surface area is 148 Å². The number of aromatic nitrogens is 3. The van der Waals surface area contributed by atoms with E-state index in [1.165, 1.54) is 30.9 Å². The molecule has 2 heterocycles. The molecule has 0 aliphatic heterocycles. The minimum Gasteiger partial charge on any atom is -0.497 e. The van der Waals surface area contributed by atoms with Gasteiger partial charge in [0.15, 0.2) is 0 Å². The summed E-state index contributed by atoms with van der Waals surface area (Å²) in [6.07, 6.45) is 1.57. The van der Waals surface area contributed by atoms with Crippen LogP contribution < -0.4 is 21.3 Å². The Balaban J connectivity index is 1.88. The van der Waals surface area contributed by atoms with Crippen molar-refractivity contribution in [2.24, 2.45) is 14.1 Å². The van der Waals surface area contributed by atoms with Crippen LogP contribution in [0.15, 0.2) is 46.1 Å². The number of carbonyl (C=O) groups excluding carboxylic acids is 1. The highest BCUT2D eigenvalue weighted by molar-refractivity contribution is 5.93. The maximum atomic E-state index is 12.3. The average Bonchev–Trinajstić information content (AvgIpc) is 2.64. The lowest BCUT2D eigenvalue weighted by Crippen LogP contribution is -2.37. The van der Waals surface area contributed by atoms with Crippen molar-refractivity contribution in [3.8, 4) is 5.75 Å². The molecule has 0 unspecified atom stereocenters. The molecule has 0 aliphatic carbocycles. The SMILES string of the molecule is COc1cccc(CC(=O)Nc2cnc3c(c2)c(=O)n(C)c(=O)n3C)c1. The molecule has 1 aromatic carbocycles. The predicted octanol–water partition coefficient (Wildman–Crippen LogP) is 0.822. The summed E-state index contributed by atoms with van der Waals surface area (Å²) < 4.78 is 7.44. The van der Waals surface area contributed by atoms with Gasteiger partial charge in [0.25, 0.3) is 5.56 Å². The lowest BCUT2D eigenvalue weighted by atomic mass is 10.1. The predicted molar refractivity (Wildman–Crippen MR) is 97.6 cm³/mol. The van der Waals surface area contributed by atoms with Gasteiger partial charge in [0.1, 0.15) is 11.4 Å². The van der Waals surface area contributed by atoms with Gasteiger partial charge in [-0.3, -0.25) is 18.7 Å². The number of hydrogen-bond donors (Lipinski definition) is 1. The molecule has 134 valence electrons. The third-order valence-electron chi connectivity index (χ3n) is 4.08. The zero-order chi connectivity index (χ0) is 18.8. The van der Waals surface area contributed by atoms with Gasteiger partial charge in [-0.25, -0.2) is 9.78 Å². The van der Waals surface area contributed by atoms with Crippen LogP contribution in [0.5, 0.6) is 5.75 Å². The zero-order valence-electron chi connectivity index (χ0n) is 14.6. The zero-order valence-corrected chi connectivity index (χ0v) is 14.6. The highest BCUT2D eigenvalue weighted by Crippen LogP contribution is 2.15. The van der Waals surface area contributed by atoms with Crippen molar-refractivity contribution in [1.82, 2.24) is 14.1 Å². The van der Waals surface area contributed by atoms with Gasteiger partial charge in [-0.15, -0.1) is 0 Å². The molecule has 2 aromatic heterocycles. The van der Waals surface area contributed by atoms with Gasteiger partial charge in [0, 0.05) is 14.1 Å². The monoisotopic (exact) mass is 354 g/mol. The van der Waals surface area contributed by atoms with Crippen LogP contribution >= 0.6 is 0 Å². The number of ether oxygens (including phenoxy) is 1. The molecule has 0 saturated heterocycles. The standard InChI is InChI=1S/C18H18N4O4/c1-21-16-14(17(24)22(2)18(21)25)9-12(10-19-16)20-15(23)8-11-5-4-6-13(7-11)26-3/h4-7,9-10H,8H2,1-3H3,(H,20,23). The number of fused-ring (bicyclic) bond motifs is 1. The second-order valence-corrected chi connectivity index (χ2v) is 5.88. The Bertz CT molecular complexity index is 1110. The number of aryl methyl sites for hydroxylation is 1. The molecule has 3 aromatic rings. The summed E-state index contributed by atoms with van der Waals surface area (Å²) in [6, 6.07) is 8.74. The number of carbonyl (C=O) groups is 1. The van der Waals surface area contributed by atoms with E-state index in [2.05, 4.69) is 10.3 Å². The first-order valence-electron chi connectivity index (χ1n) is 7.89. The first-order chi connectivity index (χ1) is 12.4. The first-order valence-corrected chi connectivity index (χ1v) is 7.89. The van der Waals surface area contributed by atoms with E-state index in [0.29, 0.717) is 11.4 Å². The van der Waals surface area contributed by atoms with E-state index in [4.69, 9.17) is 4.74 Å². The Kier molecular flexibility index (Phi) is 4.57. The minimum atomic E-state index is -0.459. The second kappa shape index (κ2) is 6.83. The molecule has 1 N–H and O–H groups in total. The number of amides is 1. The van der Waals surface area contributed by atoms with E-state index < -0.39 is 11.2 Å². The Morgan fingerprint density at radius 3 is 2.69 bits per heavy atom. The third-order valence-corrected chi connectivity index (χ3v) is 4.08.